The molecule has 3 aromatic rings. The van der Waals surface area contributed by atoms with E-state index in [9.17, 15) is 0 Å². The maximum atomic E-state index is 4.59. The van der Waals surface area contributed by atoms with Crippen LogP contribution in [0.3, 0.4) is 0 Å². The Balaban J connectivity index is 1.87. The summed E-state index contributed by atoms with van der Waals surface area (Å²) in [4.78, 5) is 12.5. The third kappa shape index (κ3) is 2.51. The first-order valence-corrected chi connectivity index (χ1v) is 8.94. The van der Waals surface area contributed by atoms with Crippen LogP contribution in [0.15, 0.2) is 40.4 Å². The van der Waals surface area contributed by atoms with Crippen LogP contribution in [-0.4, -0.2) is 36.1 Å². The van der Waals surface area contributed by atoms with Crippen LogP contribution in [-0.2, 0) is 0 Å². The number of piperazine rings is 1. The van der Waals surface area contributed by atoms with E-state index < -0.39 is 0 Å². The Morgan fingerprint density at radius 1 is 1.09 bits per heavy atom. The smallest absolute Gasteiger partial charge is 0.141 e. The van der Waals surface area contributed by atoms with Gasteiger partial charge in [-0.2, -0.15) is 0 Å². The summed E-state index contributed by atoms with van der Waals surface area (Å²) in [5.41, 5.74) is 2.43. The molecule has 0 amide bonds. The molecule has 1 fully saturated rings. The Morgan fingerprint density at radius 2 is 1.86 bits per heavy atom. The minimum absolute atomic E-state index is 0.988. The monoisotopic (exact) mass is 374 g/mol. The minimum atomic E-state index is 0.988. The second kappa shape index (κ2) is 5.95. The summed E-state index contributed by atoms with van der Waals surface area (Å²) in [6.45, 7) is 3.98. The van der Waals surface area contributed by atoms with Gasteiger partial charge in [0.2, 0.25) is 0 Å². The van der Waals surface area contributed by atoms with Gasteiger partial charge in [0, 0.05) is 41.6 Å². The molecule has 0 radical (unpaired) electrons. The van der Waals surface area contributed by atoms with Crippen LogP contribution in [0.5, 0.6) is 0 Å². The van der Waals surface area contributed by atoms with Crippen molar-refractivity contribution >= 4 is 43.3 Å². The van der Waals surface area contributed by atoms with Gasteiger partial charge in [-0.1, -0.05) is 28.1 Å². The maximum Gasteiger partial charge on any atom is 0.141 e. The molecule has 1 aromatic carbocycles. The molecule has 1 saturated heterocycles. The van der Waals surface area contributed by atoms with E-state index >= 15 is 0 Å². The molecule has 1 N–H and O–H groups in total. The largest absolute Gasteiger partial charge is 0.353 e. The third-order valence-electron chi connectivity index (χ3n) is 3.92. The van der Waals surface area contributed by atoms with Crippen LogP contribution in [0, 0.1) is 0 Å². The van der Waals surface area contributed by atoms with E-state index in [-0.39, 0.29) is 0 Å². The van der Waals surface area contributed by atoms with Crippen molar-refractivity contribution in [3.8, 4) is 11.1 Å². The van der Waals surface area contributed by atoms with Gasteiger partial charge in [0.1, 0.15) is 17.0 Å². The highest BCUT2D eigenvalue weighted by molar-refractivity contribution is 9.10. The zero-order valence-electron chi connectivity index (χ0n) is 11.9. The summed E-state index contributed by atoms with van der Waals surface area (Å²) in [7, 11) is 0. The van der Waals surface area contributed by atoms with Crippen LogP contribution in [0.4, 0.5) is 5.82 Å². The van der Waals surface area contributed by atoms with Crippen molar-refractivity contribution in [3.63, 3.8) is 0 Å². The van der Waals surface area contributed by atoms with E-state index in [0.717, 1.165) is 41.3 Å². The number of halogens is 1. The fourth-order valence-electron chi connectivity index (χ4n) is 2.82. The van der Waals surface area contributed by atoms with Crippen LogP contribution in [0.2, 0.25) is 0 Å². The predicted octanol–water partition coefficient (Wildman–Crippen LogP) is 3.53. The van der Waals surface area contributed by atoms with Gasteiger partial charge >= 0.3 is 0 Å². The Kier molecular flexibility index (Phi) is 3.82. The molecular weight excluding hydrogens is 360 g/mol. The summed E-state index contributed by atoms with van der Waals surface area (Å²) in [5, 5.41) is 6.76. The van der Waals surface area contributed by atoms with Crippen molar-refractivity contribution in [3.05, 3.63) is 40.4 Å². The molecule has 0 unspecified atom stereocenters. The van der Waals surface area contributed by atoms with Gasteiger partial charge in [0.15, 0.2) is 0 Å². The number of anilines is 1. The number of nitrogens with zero attached hydrogens (tertiary/aromatic N) is 3. The third-order valence-corrected chi connectivity index (χ3v) is 5.34. The highest BCUT2D eigenvalue weighted by Crippen LogP contribution is 2.38. The van der Waals surface area contributed by atoms with Crippen LogP contribution < -0.4 is 10.2 Å². The van der Waals surface area contributed by atoms with Gasteiger partial charge in [-0.25, -0.2) is 9.97 Å². The number of thiophene rings is 1. The molecule has 1 aliphatic rings. The molecule has 0 atom stereocenters. The average Bonchev–Trinajstić information content (AvgIpc) is 3.00. The number of rotatable bonds is 2. The van der Waals surface area contributed by atoms with Gasteiger partial charge in [-0.15, -0.1) is 11.3 Å². The molecule has 1 aliphatic heterocycles. The Hall–Kier alpha value is -1.50. The molecule has 6 heteroatoms. The highest BCUT2D eigenvalue weighted by atomic mass is 79.9. The van der Waals surface area contributed by atoms with Gasteiger partial charge in [0.25, 0.3) is 0 Å². The fraction of sp³-hybridized carbons (Fsp3) is 0.250. The van der Waals surface area contributed by atoms with Crippen LogP contribution in [0.25, 0.3) is 21.3 Å². The predicted molar refractivity (Wildman–Crippen MR) is 95.6 cm³/mol. The zero-order valence-corrected chi connectivity index (χ0v) is 14.3. The molecular formula is C16H15BrN4S. The van der Waals surface area contributed by atoms with Crippen LogP contribution >= 0.6 is 27.3 Å². The summed E-state index contributed by atoms with van der Waals surface area (Å²) in [5.74, 6) is 1.06. The highest BCUT2D eigenvalue weighted by Gasteiger charge is 2.19. The van der Waals surface area contributed by atoms with Crippen molar-refractivity contribution in [2.45, 2.75) is 0 Å². The van der Waals surface area contributed by atoms with Gasteiger partial charge < -0.3 is 10.2 Å². The van der Waals surface area contributed by atoms with E-state index in [2.05, 4.69) is 65.8 Å². The van der Waals surface area contributed by atoms with Gasteiger partial charge in [-0.3, -0.25) is 0 Å². The van der Waals surface area contributed by atoms with Gasteiger partial charge in [0.05, 0.1) is 5.39 Å². The zero-order chi connectivity index (χ0) is 14.9. The molecule has 2 aromatic heterocycles. The fourth-order valence-corrected chi connectivity index (χ4v) is 3.99. The lowest BCUT2D eigenvalue weighted by Gasteiger charge is -2.29. The number of benzene rings is 1. The van der Waals surface area contributed by atoms with Crippen molar-refractivity contribution in [1.82, 2.24) is 15.3 Å². The standard InChI is InChI=1S/C16H15BrN4S/c17-12-3-1-11(2-4-12)13-9-22-16-14(13)15(19-10-20-16)21-7-5-18-6-8-21/h1-4,9-10,18H,5-8H2. The molecule has 0 bridgehead atoms. The first-order chi connectivity index (χ1) is 10.8. The topological polar surface area (TPSA) is 41.1 Å². The molecule has 4 rings (SSSR count). The van der Waals surface area contributed by atoms with Gasteiger partial charge in [-0.05, 0) is 17.7 Å². The second-order valence-electron chi connectivity index (χ2n) is 5.27. The second-order valence-corrected chi connectivity index (χ2v) is 7.04. The summed E-state index contributed by atoms with van der Waals surface area (Å²) >= 11 is 5.18. The summed E-state index contributed by atoms with van der Waals surface area (Å²) in [6.07, 6.45) is 1.68. The maximum absolute atomic E-state index is 4.59. The number of fused-ring (bicyclic) bond motifs is 1. The van der Waals surface area contributed by atoms with Crippen molar-refractivity contribution in [1.29, 1.82) is 0 Å². The first-order valence-electron chi connectivity index (χ1n) is 7.27. The Bertz CT molecular complexity index is 794. The minimum Gasteiger partial charge on any atom is -0.353 e. The Labute approximate surface area is 141 Å². The van der Waals surface area contributed by atoms with Crippen molar-refractivity contribution < 1.29 is 0 Å². The summed E-state index contributed by atoms with van der Waals surface area (Å²) < 4.78 is 1.09. The normalized spacial score (nSPS) is 15.4. The molecule has 0 aliphatic carbocycles. The SMILES string of the molecule is Brc1ccc(-c2csc3ncnc(N4CCNCC4)c23)cc1. The van der Waals surface area contributed by atoms with E-state index in [1.165, 1.54) is 16.5 Å². The lowest BCUT2D eigenvalue weighted by Crippen LogP contribution is -2.44. The Morgan fingerprint density at radius 3 is 2.64 bits per heavy atom. The van der Waals surface area contributed by atoms with Crippen molar-refractivity contribution in [2.75, 3.05) is 31.1 Å². The molecule has 0 spiro atoms. The quantitative estimate of drug-likeness (QED) is 0.744. The van der Waals surface area contributed by atoms with E-state index in [1.807, 2.05) is 0 Å². The van der Waals surface area contributed by atoms with E-state index in [1.54, 1.807) is 17.7 Å². The number of hydrogen-bond acceptors (Lipinski definition) is 5. The van der Waals surface area contributed by atoms with Crippen molar-refractivity contribution in [2.24, 2.45) is 0 Å². The van der Waals surface area contributed by atoms with E-state index in [0.29, 0.717) is 0 Å². The molecule has 3 heterocycles. The number of nitrogens with one attached hydrogen (secondary N) is 1. The number of aromatic nitrogens is 2. The average molecular weight is 375 g/mol. The molecule has 22 heavy (non-hydrogen) atoms. The summed E-state index contributed by atoms with van der Waals surface area (Å²) in [6, 6.07) is 8.43. The molecule has 112 valence electrons. The van der Waals surface area contributed by atoms with E-state index in [4.69, 9.17) is 0 Å². The molecule has 0 saturated carbocycles. The van der Waals surface area contributed by atoms with Crippen LogP contribution in [0.1, 0.15) is 0 Å². The molecule has 4 nitrogen and oxygen atoms in total. The first kappa shape index (κ1) is 14.1. The lowest BCUT2D eigenvalue weighted by molar-refractivity contribution is 0.586. The lowest BCUT2D eigenvalue weighted by atomic mass is 10.1. The number of hydrogen-bond donors (Lipinski definition) is 1.